The second-order valence-electron chi connectivity index (χ2n) is 1.86. The summed E-state index contributed by atoms with van der Waals surface area (Å²) < 4.78 is 0. The van der Waals surface area contributed by atoms with Gasteiger partial charge in [-0.25, -0.2) is 0 Å². The quantitative estimate of drug-likeness (QED) is 0.224. The van der Waals surface area contributed by atoms with Crippen LogP contribution < -0.4 is 0 Å². The van der Waals surface area contributed by atoms with Gasteiger partial charge in [-0.2, -0.15) is 0 Å². The van der Waals surface area contributed by atoms with E-state index < -0.39 is 9.05 Å². The van der Waals surface area contributed by atoms with Gasteiger partial charge in [-0.15, -0.1) is 0 Å². The van der Waals surface area contributed by atoms with E-state index in [1.807, 2.05) is 0 Å². The lowest BCUT2D eigenvalue weighted by molar-refractivity contribution is 0.117. The van der Waals surface area contributed by atoms with E-state index in [0.717, 1.165) is 0 Å². The summed E-state index contributed by atoms with van der Waals surface area (Å²) in [5.41, 5.74) is 0. The molecule has 0 saturated carbocycles. The van der Waals surface area contributed by atoms with E-state index in [1.54, 1.807) is 27.7 Å². The molecule has 0 unspecified atom stereocenters. The van der Waals surface area contributed by atoms with Crippen molar-refractivity contribution in [2.75, 3.05) is 26.4 Å². The summed E-state index contributed by atoms with van der Waals surface area (Å²) in [5.74, 6) is 0. The highest BCUT2D eigenvalue weighted by atomic mass is 28.4. The molecule has 0 saturated heterocycles. The lowest BCUT2D eigenvalue weighted by Gasteiger charge is -1.91. The summed E-state index contributed by atoms with van der Waals surface area (Å²) in [4.78, 5) is 29.3. The standard InChI is InChI=1S/4C2H6O.H4O4Si/c4*1-2-3;1-5(2,3)4/h4*3H,2H2,1H3;1-4H. The van der Waals surface area contributed by atoms with Gasteiger partial charge in [0.2, 0.25) is 0 Å². The fourth-order valence-electron chi connectivity index (χ4n) is 0. The molecule has 8 N–H and O–H groups in total. The fourth-order valence-corrected chi connectivity index (χ4v) is 0. The molecule has 112 valence electrons. The van der Waals surface area contributed by atoms with E-state index in [1.165, 1.54) is 0 Å². The molecule has 0 aliphatic carbocycles. The molecule has 0 heterocycles. The molecule has 8 nitrogen and oxygen atoms in total. The highest BCUT2D eigenvalue weighted by Crippen LogP contribution is 1.67. The Morgan fingerprint density at radius 3 is 0.529 bits per heavy atom. The highest BCUT2D eigenvalue weighted by molar-refractivity contribution is 6.46. The molecule has 0 bridgehead atoms. The normalized spacial score (nSPS) is 7.76. The first kappa shape index (κ1) is 30.2. The van der Waals surface area contributed by atoms with Crippen LogP contribution in [-0.4, -0.2) is 75.1 Å². The van der Waals surface area contributed by atoms with Gasteiger partial charge in [-0.3, -0.25) is 0 Å². The minimum Gasteiger partial charge on any atom is -0.397 e. The molecule has 0 atom stereocenters. The molecule has 0 fully saturated rings. The van der Waals surface area contributed by atoms with Crippen LogP contribution in [0, 0.1) is 0 Å². The Labute approximate surface area is 104 Å². The smallest absolute Gasteiger partial charge is 0.397 e. The van der Waals surface area contributed by atoms with Gasteiger partial charge < -0.3 is 39.6 Å². The summed E-state index contributed by atoms with van der Waals surface area (Å²) in [7, 11) is -4.61. The van der Waals surface area contributed by atoms with E-state index in [4.69, 9.17) is 39.6 Å². The first-order valence-electron chi connectivity index (χ1n) is 4.99. The second kappa shape index (κ2) is 36.0. The van der Waals surface area contributed by atoms with Crippen molar-refractivity contribution in [2.45, 2.75) is 27.7 Å². The van der Waals surface area contributed by atoms with Gasteiger partial charge in [-0.05, 0) is 27.7 Å². The maximum Gasteiger partial charge on any atom is 0.668 e. The van der Waals surface area contributed by atoms with Crippen molar-refractivity contribution in [3.8, 4) is 0 Å². The van der Waals surface area contributed by atoms with Crippen molar-refractivity contribution in [2.24, 2.45) is 0 Å². The van der Waals surface area contributed by atoms with Crippen LogP contribution in [0.15, 0.2) is 0 Å². The Bertz CT molecular complexity index is 64.4. The first-order valence-corrected chi connectivity index (χ1v) is 6.78. The SMILES string of the molecule is CCO.CCO.CCO.CCO.O[Si](O)(O)O. The van der Waals surface area contributed by atoms with E-state index in [2.05, 4.69) is 0 Å². The van der Waals surface area contributed by atoms with Crippen LogP contribution in [0.4, 0.5) is 0 Å². The van der Waals surface area contributed by atoms with Crippen LogP contribution in [0.5, 0.6) is 0 Å². The monoisotopic (exact) mass is 280 g/mol. The van der Waals surface area contributed by atoms with E-state index in [9.17, 15) is 0 Å². The molecule has 0 aliphatic heterocycles. The van der Waals surface area contributed by atoms with E-state index >= 15 is 0 Å². The first-order chi connectivity index (χ1) is 7.66. The fraction of sp³-hybridized carbons (Fsp3) is 1.00. The van der Waals surface area contributed by atoms with Crippen molar-refractivity contribution in [3.05, 3.63) is 0 Å². The van der Waals surface area contributed by atoms with Crippen LogP contribution in [0.1, 0.15) is 27.7 Å². The molecule has 0 aromatic rings. The molecular weight excluding hydrogens is 252 g/mol. The molecule has 17 heavy (non-hydrogen) atoms. The summed E-state index contributed by atoms with van der Waals surface area (Å²) in [6.07, 6.45) is 0. The third-order valence-corrected chi connectivity index (χ3v) is 0. The zero-order valence-corrected chi connectivity index (χ0v) is 11.9. The third kappa shape index (κ3) is 289000. The molecule has 0 spiro atoms. The lowest BCUT2D eigenvalue weighted by atomic mass is 10.9. The predicted octanol–water partition coefficient (Wildman–Crippen LogP) is -2.61. The van der Waals surface area contributed by atoms with Crippen LogP contribution in [0.2, 0.25) is 0 Å². The van der Waals surface area contributed by atoms with Gasteiger partial charge in [0, 0.05) is 26.4 Å². The Morgan fingerprint density at radius 2 is 0.529 bits per heavy atom. The largest absolute Gasteiger partial charge is 0.668 e. The highest BCUT2D eigenvalue weighted by Gasteiger charge is 2.22. The Kier molecular flexibility index (Phi) is 63.9. The van der Waals surface area contributed by atoms with Crippen LogP contribution >= 0.6 is 0 Å². The molecule has 0 radical (unpaired) electrons. The van der Waals surface area contributed by atoms with Gasteiger partial charge in [0.1, 0.15) is 0 Å². The Morgan fingerprint density at radius 1 is 0.529 bits per heavy atom. The van der Waals surface area contributed by atoms with Crippen molar-refractivity contribution in [3.63, 3.8) is 0 Å². The molecule has 9 heteroatoms. The van der Waals surface area contributed by atoms with Gasteiger partial charge >= 0.3 is 9.05 Å². The van der Waals surface area contributed by atoms with Gasteiger partial charge in [0.15, 0.2) is 0 Å². The van der Waals surface area contributed by atoms with Crippen LogP contribution in [0.3, 0.4) is 0 Å². The minimum absolute atomic E-state index is 0.250. The topological polar surface area (TPSA) is 162 Å². The molecule has 0 aliphatic rings. The summed E-state index contributed by atoms with van der Waals surface area (Å²) >= 11 is 0. The number of hydrogen-bond donors (Lipinski definition) is 8. The number of rotatable bonds is 0. The van der Waals surface area contributed by atoms with Crippen LogP contribution in [0.25, 0.3) is 0 Å². The van der Waals surface area contributed by atoms with Crippen molar-refractivity contribution in [1.29, 1.82) is 0 Å². The molecule has 0 amide bonds. The summed E-state index contributed by atoms with van der Waals surface area (Å²) in [6.45, 7) is 7.72. The zero-order chi connectivity index (χ0) is 15.3. The van der Waals surface area contributed by atoms with E-state index in [-0.39, 0.29) is 26.4 Å². The average Bonchev–Trinajstić information content (AvgIpc) is 2.04. The number of hydrogen-bond acceptors (Lipinski definition) is 8. The van der Waals surface area contributed by atoms with Crippen molar-refractivity contribution >= 4 is 9.05 Å². The molecular formula is C8H28O8Si. The van der Waals surface area contributed by atoms with Gasteiger partial charge in [0.25, 0.3) is 0 Å². The lowest BCUT2D eigenvalue weighted by Crippen LogP contribution is -2.33. The molecule has 0 rings (SSSR count). The second-order valence-corrected chi connectivity index (χ2v) is 3.06. The zero-order valence-electron chi connectivity index (χ0n) is 10.9. The average molecular weight is 280 g/mol. The van der Waals surface area contributed by atoms with Crippen molar-refractivity contribution in [1.82, 2.24) is 0 Å². The van der Waals surface area contributed by atoms with Crippen molar-refractivity contribution < 1.29 is 39.6 Å². The number of aliphatic hydroxyl groups excluding tert-OH is 4. The Balaban J connectivity index is -0.0000000362. The van der Waals surface area contributed by atoms with Gasteiger partial charge in [-0.1, -0.05) is 0 Å². The van der Waals surface area contributed by atoms with E-state index in [0.29, 0.717) is 0 Å². The Hall–Kier alpha value is -0.103. The number of aliphatic hydroxyl groups is 4. The maximum atomic E-state index is 7.57. The summed E-state index contributed by atoms with van der Waals surface area (Å²) in [6, 6.07) is 0. The molecule has 0 aromatic heterocycles. The minimum atomic E-state index is -4.61. The predicted molar refractivity (Wildman–Crippen MR) is 65.7 cm³/mol. The van der Waals surface area contributed by atoms with Crippen LogP contribution in [-0.2, 0) is 0 Å². The summed E-state index contributed by atoms with van der Waals surface area (Å²) in [5, 5.41) is 30.3. The maximum absolute atomic E-state index is 7.57. The molecule has 0 aromatic carbocycles. The third-order valence-electron chi connectivity index (χ3n) is 0. The van der Waals surface area contributed by atoms with Gasteiger partial charge in [0.05, 0.1) is 0 Å².